The van der Waals surface area contributed by atoms with E-state index in [4.69, 9.17) is 0 Å². The summed E-state index contributed by atoms with van der Waals surface area (Å²) in [5.74, 6) is 0.361. The molecule has 4 heteroatoms. The Morgan fingerprint density at radius 2 is 2.07 bits per heavy atom. The Hall–Kier alpha value is -1.29. The lowest BCUT2D eigenvalue weighted by atomic mass is 10.1. The number of fused-ring (bicyclic) bond motifs is 1. The number of hydrogen-bond donors (Lipinski definition) is 0. The molecule has 1 aromatic carbocycles. The first-order valence-corrected chi connectivity index (χ1v) is 5.89. The second-order valence-electron chi connectivity index (χ2n) is 3.72. The molecule has 1 amide bonds. The molecule has 3 rings (SSSR count). The fourth-order valence-electron chi connectivity index (χ4n) is 1.81. The second kappa shape index (κ2) is 3.10. The highest BCUT2D eigenvalue weighted by atomic mass is 32.2. The number of ketones is 1. The van der Waals surface area contributed by atoms with Gasteiger partial charge in [-0.1, -0.05) is 12.1 Å². The first-order valence-electron chi connectivity index (χ1n) is 4.84. The van der Waals surface area contributed by atoms with Crippen LogP contribution in [0.2, 0.25) is 0 Å². The van der Waals surface area contributed by atoms with Crippen LogP contribution in [0.15, 0.2) is 24.3 Å². The molecule has 0 aromatic heterocycles. The molecule has 2 aliphatic heterocycles. The van der Waals surface area contributed by atoms with E-state index in [1.165, 1.54) is 0 Å². The summed E-state index contributed by atoms with van der Waals surface area (Å²) in [6, 6.07) is 7.21. The summed E-state index contributed by atoms with van der Waals surface area (Å²) >= 11 is 1.83. The Balaban J connectivity index is 2.01. The lowest BCUT2D eigenvalue weighted by Crippen LogP contribution is -2.32. The van der Waals surface area contributed by atoms with E-state index in [1.807, 2.05) is 23.9 Å². The maximum absolute atomic E-state index is 11.7. The van der Waals surface area contributed by atoms with E-state index < -0.39 is 0 Å². The molecule has 76 valence electrons. The van der Waals surface area contributed by atoms with Gasteiger partial charge in [0.25, 0.3) is 11.7 Å². The Morgan fingerprint density at radius 1 is 1.33 bits per heavy atom. The van der Waals surface area contributed by atoms with Crippen molar-refractivity contribution in [2.24, 2.45) is 0 Å². The topological polar surface area (TPSA) is 37.4 Å². The van der Waals surface area contributed by atoms with Gasteiger partial charge in [0.2, 0.25) is 0 Å². The van der Waals surface area contributed by atoms with Crippen molar-refractivity contribution in [1.82, 2.24) is 0 Å². The monoisotopic (exact) mass is 219 g/mol. The first kappa shape index (κ1) is 8.97. The predicted octanol–water partition coefficient (Wildman–Crippen LogP) is 1.33. The molecule has 0 N–H and O–H groups in total. The van der Waals surface area contributed by atoms with E-state index in [0.29, 0.717) is 17.4 Å². The SMILES string of the molecule is O=C1C(=O)N(CC2CS2)c2ccccc21. The molecule has 0 aliphatic carbocycles. The predicted molar refractivity (Wildman–Crippen MR) is 59.4 cm³/mol. The average Bonchev–Trinajstić information content (AvgIpc) is 3.04. The number of hydrogen-bond acceptors (Lipinski definition) is 3. The highest BCUT2D eigenvalue weighted by molar-refractivity contribution is 8.06. The van der Waals surface area contributed by atoms with Gasteiger partial charge < -0.3 is 4.90 Å². The minimum absolute atomic E-state index is 0.365. The number of amides is 1. The molecule has 1 unspecified atom stereocenters. The zero-order valence-electron chi connectivity index (χ0n) is 7.97. The molecule has 0 bridgehead atoms. The third-order valence-corrected chi connectivity index (χ3v) is 3.62. The summed E-state index contributed by atoms with van der Waals surface area (Å²) in [7, 11) is 0. The van der Waals surface area contributed by atoms with E-state index in [1.54, 1.807) is 17.0 Å². The zero-order valence-corrected chi connectivity index (χ0v) is 8.79. The molecule has 0 saturated carbocycles. The van der Waals surface area contributed by atoms with E-state index >= 15 is 0 Å². The van der Waals surface area contributed by atoms with Gasteiger partial charge >= 0.3 is 0 Å². The summed E-state index contributed by atoms with van der Waals surface area (Å²) in [5.41, 5.74) is 1.33. The normalized spacial score (nSPS) is 23.2. The molecule has 1 saturated heterocycles. The van der Waals surface area contributed by atoms with Crippen LogP contribution >= 0.6 is 11.8 Å². The summed E-state index contributed by atoms with van der Waals surface area (Å²) < 4.78 is 0. The standard InChI is InChI=1S/C11H9NO2S/c13-10-8-3-1-2-4-9(8)12(11(10)14)5-7-6-15-7/h1-4,7H,5-6H2. The van der Waals surface area contributed by atoms with Crippen LogP contribution in [0.4, 0.5) is 5.69 Å². The Labute approximate surface area is 91.5 Å². The largest absolute Gasteiger partial charge is 0.304 e. The average molecular weight is 219 g/mol. The number of rotatable bonds is 2. The number of nitrogens with zero attached hydrogens (tertiary/aromatic N) is 1. The third-order valence-electron chi connectivity index (χ3n) is 2.67. The van der Waals surface area contributed by atoms with Crippen molar-refractivity contribution in [3.05, 3.63) is 29.8 Å². The van der Waals surface area contributed by atoms with Crippen molar-refractivity contribution < 1.29 is 9.59 Å². The molecular formula is C11H9NO2S. The van der Waals surface area contributed by atoms with E-state index in [9.17, 15) is 9.59 Å². The molecule has 1 aromatic rings. The molecule has 3 nitrogen and oxygen atoms in total. The van der Waals surface area contributed by atoms with Crippen LogP contribution in [-0.2, 0) is 4.79 Å². The second-order valence-corrected chi connectivity index (χ2v) is 5.05. The summed E-state index contributed by atoms with van der Waals surface area (Å²) in [6.45, 7) is 0.673. The van der Waals surface area contributed by atoms with Gasteiger partial charge in [0.1, 0.15) is 0 Å². The van der Waals surface area contributed by atoms with Crippen molar-refractivity contribution in [1.29, 1.82) is 0 Å². The van der Waals surface area contributed by atoms with Crippen molar-refractivity contribution in [3.63, 3.8) is 0 Å². The molecule has 1 atom stereocenters. The lowest BCUT2D eigenvalue weighted by Gasteiger charge is -2.14. The smallest absolute Gasteiger partial charge is 0.299 e. The van der Waals surface area contributed by atoms with Gasteiger partial charge in [0, 0.05) is 17.5 Å². The summed E-state index contributed by atoms with van der Waals surface area (Å²) in [4.78, 5) is 24.9. The van der Waals surface area contributed by atoms with Gasteiger partial charge in [-0.2, -0.15) is 11.8 Å². The van der Waals surface area contributed by atoms with Crippen molar-refractivity contribution in [3.8, 4) is 0 Å². The molecule has 0 radical (unpaired) electrons. The minimum atomic E-state index is -0.372. The molecule has 1 fully saturated rings. The van der Waals surface area contributed by atoms with E-state index in [-0.39, 0.29) is 11.7 Å². The fraction of sp³-hybridized carbons (Fsp3) is 0.273. The van der Waals surface area contributed by atoms with E-state index in [0.717, 1.165) is 11.4 Å². The number of Topliss-reactive ketones (excluding diaryl/α,β-unsaturated/α-hetero) is 1. The number of para-hydroxylation sites is 1. The van der Waals surface area contributed by atoms with E-state index in [2.05, 4.69) is 0 Å². The van der Waals surface area contributed by atoms with Crippen LogP contribution in [0, 0.1) is 0 Å². The number of carbonyl (C=O) groups excluding carboxylic acids is 2. The summed E-state index contributed by atoms with van der Waals surface area (Å²) in [6.07, 6.45) is 0. The quantitative estimate of drug-likeness (QED) is 0.556. The van der Waals surface area contributed by atoms with Crippen LogP contribution in [0.1, 0.15) is 10.4 Å². The minimum Gasteiger partial charge on any atom is -0.304 e. The van der Waals surface area contributed by atoms with Gasteiger partial charge in [-0.15, -0.1) is 0 Å². The third kappa shape index (κ3) is 1.36. The van der Waals surface area contributed by atoms with Gasteiger partial charge in [0.05, 0.1) is 11.3 Å². The van der Waals surface area contributed by atoms with Crippen molar-refractivity contribution in [2.45, 2.75) is 5.25 Å². The molecule has 15 heavy (non-hydrogen) atoms. The first-order chi connectivity index (χ1) is 7.27. The van der Waals surface area contributed by atoms with Gasteiger partial charge in [-0.25, -0.2) is 0 Å². The van der Waals surface area contributed by atoms with Gasteiger partial charge in [-0.05, 0) is 12.1 Å². The highest BCUT2D eigenvalue weighted by Gasteiger charge is 2.38. The highest BCUT2D eigenvalue weighted by Crippen LogP contribution is 2.35. The zero-order chi connectivity index (χ0) is 10.4. The van der Waals surface area contributed by atoms with Crippen LogP contribution in [0.25, 0.3) is 0 Å². The molecule has 0 spiro atoms. The van der Waals surface area contributed by atoms with Crippen molar-refractivity contribution in [2.75, 3.05) is 17.2 Å². The Morgan fingerprint density at radius 3 is 2.80 bits per heavy atom. The van der Waals surface area contributed by atoms with Gasteiger partial charge in [0.15, 0.2) is 0 Å². The number of carbonyl (C=O) groups is 2. The lowest BCUT2D eigenvalue weighted by molar-refractivity contribution is -0.114. The Bertz CT molecular complexity index is 454. The number of thioether (sulfide) groups is 1. The van der Waals surface area contributed by atoms with Gasteiger partial charge in [-0.3, -0.25) is 9.59 Å². The maximum atomic E-state index is 11.7. The maximum Gasteiger partial charge on any atom is 0.299 e. The number of benzene rings is 1. The van der Waals surface area contributed by atoms with Crippen LogP contribution < -0.4 is 4.90 Å². The number of anilines is 1. The fourth-order valence-corrected chi connectivity index (χ4v) is 2.30. The molecule has 2 aliphatic rings. The van der Waals surface area contributed by atoms with Crippen LogP contribution in [0.5, 0.6) is 0 Å². The molecular weight excluding hydrogens is 210 g/mol. The van der Waals surface area contributed by atoms with Crippen LogP contribution in [0.3, 0.4) is 0 Å². The molecule has 2 heterocycles. The van der Waals surface area contributed by atoms with Crippen molar-refractivity contribution >= 4 is 29.1 Å². The summed E-state index contributed by atoms with van der Waals surface area (Å²) in [5, 5.41) is 0.521. The Kier molecular flexibility index (Phi) is 1.85. The van der Waals surface area contributed by atoms with Crippen LogP contribution in [-0.4, -0.2) is 29.2 Å².